The van der Waals surface area contributed by atoms with E-state index in [0.29, 0.717) is 10.7 Å². The molecule has 1 rings (SSSR count). The maximum atomic E-state index is 8.70. The number of aromatic nitrogens is 1. The standard InChI is InChI=1S/C7H9ClN2O/c8-7-5(6(9)4-11)2-1-3-10-7/h1-3,6,11H,4,9H2. The van der Waals surface area contributed by atoms with E-state index in [1.165, 1.54) is 0 Å². The van der Waals surface area contributed by atoms with Crippen LogP contribution in [0.4, 0.5) is 0 Å². The Kier molecular flexibility index (Phi) is 2.82. The Bertz CT molecular complexity index is 242. The van der Waals surface area contributed by atoms with Gasteiger partial charge in [0.15, 0.2) is 0 Å². The minimum absolute atomic E-state index is 0.120. The number of nitrogens with two attached hydrogens (primary N) is 1. The van der Waals surface area contributed by atoms with E-state index in [1.807, 2.05) is 0 Å². The number of rotatable bonds is 2. The topological polar surface area (TPSA) is 59.1 Å². The number of hydrogen-bond acceptors (Lipinski definition) is 3. The summed E-state index contributed by atoms with van der Waals surface area (Å²) in [6, 6.07) is 3.05. The van der Waals surface area contributed by atoms with Gasteiger partial charge in [-0.1, -0.05) is 17.7 Å². The molecule has 0 spiro atoms. The van der Waals surface area contributed by atoms with E-state index >= 15 is 0 Å². The molecule has 0 saturated heterocycles. The van der Waals surface area contributed by atoms with Crippen LogP contribution in [0, 0.1) is 0 Å². The molecule has 0 aliphatic rings. The molecule has 3 nitrogen and oxygen atoms in total. The molecule has 4 heteroatoms. The van der Waals surface area contributed by atoms with Crippen LogP contribution in [0.15, 0.2) is 18.3 Å². The molecule has 0 amide bonds. The van der Waals surface area contributed by atoms with Crippen LogP contribution in [0.1, 0.15) is 11.6 Å². The summed E-state index contributed by atoms with van der Waals surface area (Å²) in [6.07, 6.45) is 1.58. The zero-order valence-electron chi connectivity index (χ0n) is 5.87. The van der Waals surface area contributed by atoms with Gasteiger partial charge in [-0.05, 0) is 6.07 Å². The predicted octanol–water partition coefficient (Wildman–Crippen LogP) is 0.727. The van der Waals surface area contributed by atoms with Crippen molar-refractivity contribution >= 4 is 11.6 Å². The fraction of sp³-hybridized carbons (Fsp3) is 0.286. The van der Waals surface area contributed by atoms with Gasteiger partial charge in [0.05, 0.1) is 12.6 Å². The second-order valence-corrected chi connectivity index (χ2v) is 2.53. The summed E-state index contributed by atoms with van der Waals surface area (Å²) in [5.74, 6) is 0. The van der Waals surface area contributed by atoms with Crippen LogP contribution >= 0.6 is 11.6 Å². The molecule has 0 fully saturated rings. The molecule has 3 N–H and O–H groups in total. The second kappa shape index (κ2) is 3.67. The number of pyridine rings is 1. The summed E-state index contributed by atoms with van der Waals surface area (Å²) in [4.78, 5) is 3.82. The van der Waals surface area contributed by atoms with Gasteiger partial charge in [0, 0.05) is 11.8 Å². The van der Waals surface area contributed by atoms with Gasteiger partial charge in [-0.15, -0.1) is 0 Å². The average Bonchev–Trinajstić information content (AvgIpc) is 2.04. The number of hydrogen-bond donors (Lipinski definition) is 2. The van der Waals surface area contributed by atoms with E-state index in [1.54, 1.807) is 18.3 Å². The molecule has 1 aromatic rings. The molecular formula is C7H9ClN2O. The number of aliphatic hydroxyl groups excluding tert-OH is 1. The smallest absolute Gasteiger partial charge is 0.133 e. The highest BCUT2D eigenvalue weighted by atomic mass is 35.5. The zero-order valence-corrected chi connectivity index (χ0v) is 6.62. The van der Waals surface area contributed by atoms with Crippen LogP contribution in [0.25, 0.3) is 0 Å². The van der Waals surface area contributed by atoms with Gasteiger partial charge in [-0.3, -0.25) is 0 Å². The molecular weight excluding hydrogens is 164 g/mol. The van der Waals surface area contributed by atoms with Crippen LogP contribution < -0.4 is 5.73 Å². The second-order valence-electron chi connectivity index (χ2n) is 2.17. The van der Waals surface area contributed by atoms with Gasteiger partial charge >= 0.3 is 0 Å². The molecule has 1 heterocycles. The molecule has 1 atom stereocenters. The Morgan fingerprint density at radius 1 is 1.73 bits per heavy atom. The number of nitrogens with zero attached hydrogens (tertiary/aromatic N) is 1. The third-order valence-electron chi connectivity index (χ3n) is 1.38. The van der Waals surface area contributed by atoms with Gasteiger partial charge in [0.1, 0.15) is 5.15 Å². The Balaban J connectivity index is 2.93. The molecule has 60 valence electrons. The van der Waals surface area contributed by atoms with Gasteiger partial charge in [-0.2, -0.15) is 0 Å². The normalized spacial score (nSPS) is 13.0. The quantitative estimate of drug-likeness (QED) is 0.647. The molecule has 11 heavy (non-hydrogen) atoms. The molecule has 0 aliphatic carbocycles. The average molecular weight is 173 g/mol. The van der Waals surface area contributed by atoms with Crippen molar-refractivity contribution in [1.82, 2.24) is 4.98 Å². The van der Waals surface area contributed by atoms with Gasteiger partial charge < -0.3 is 10.8 Å². The van der Waals surface area contributed by atoms with Crippen molar-refractivity contribution < 1.29 is 5.11 Å². The lowest BCUT2D eigenvalue weighted by molar-refractivity contribution is 0.268. The SMILES string of the molecule is NC(CO)c1cccnc1Cl. The first-order valence-electron chi connectivity index (χ1n) is 3.22. The van der Waals surface area contributed by atoms with E-state index in [9.17, 15) is 0 Å². The van der Waals surface area contributed by atoms with Crippen LogP contribution in [-0.2, 0) is 0 Å². The minimum Gasteiger partial charge on any atom is -0.394 e. The summed E-state index contributed by atoms with van der Waals surface area (Å²) >= 11 is 5.70. The Morgan fingerprint density at radius 3 is 3.00 bits per heavy atom. The van der Waals surface area contributed by atoms with Gasteiger partial charge in [0.2, 0.25) is 0 Å². The minimum atomic E-state index is -0.434. The highest BCUT2D eigenvalue weighted by Crippen LogP contribution is 2.17. The van der Waals surface area contributed by atoms with Gasteiger partial charge in [-0.25, -0.2) is 4.98 Å². The van der Waals surface area contributed by atoms with Crippen molar-refractivity contribution in [3.05, 3.63) is 29.0 Å². The van der Waals surface area contributed by atoms with Crippen molar-refractivity contribution in [2.45, 2.75) is 6.04 Å². The van der Waals surface area contributed by atoms with E-state index in [0.717, 1.165) is 0 Å². The lowest BCUT2D eigenvalue weighted by Gasteiger charge is -2.08. The summed E-state index contributed by atoms with van der Waals surface area (Å²) in [6.45, 7) is -0.120. The highest BCUT2D eigenvalue weighted by Gasteiger charge is 2.07. The van der Waals surface area contributed by atoms with Crippen molar-refractivity contribution in [3.63, 3.8) is 0 Å². The maximum Gasteiger partial charge on any atom is 0.133 e. The molecule has 0 radical (unpaired) electrons. The van der Waals surface area contributed by atoms with Crippen molar-refractivity contribution in [1.29, 1.82) is 0 Å². The fourth-order valence-corrected chi connectivity index (χ4v) is 1.03. The molecule has 1 unspecified atom stereocenters. The Morgan fingerprint density at radius 2 is 2.45 bits per heavy atom. The van der Waals surface area contributed by atoms with E-state index in [-0.39, 0.29) is 6.61 Å². The van der Waals surface area contributed by atoms with E-state index < -0.39 is 6.04 Å². The molecule has 0 saturated carbocycles. The zero-order chi connectivity index (χ0) is 8.27. The van der Waals surface area contributed by atoms with Crippen LogP contribution in [0.2, 0.25) is 5.15 Å². The number of halogens is 1. The lowest BCUT2D eigenvalue weighted by Crippen LogP contribution is -2.15. The Hall–Kier alpha value is -0.640. The third kappa shape index (κ3) is 1.89. The molecule has 0 aromatic carbocycles. The number of aliphatic hydroxyl groups is 1. The van der Waals surface area contributed by atoms with Crippen LogP contribution in [-0.4, -0.2) is 16.7 Å². The van der Waals surface area contributed by atoms with Crippen molar-refractivity contribution in [2.75, 3.05) is 6.61 Å². The largest absolute Gasteiger partial charge is 0.394 e. The van der Waals surface area contributed by atoms with Crippen LogP contribution in [0.5, 0.6) is 0 Å². The van der Waals surface area contributed by atoms with E-state index in [4.69, 9.17) is 22.4 Å². The third-order valence-corrected chi connectivity index (χ3v) is 1.70. The summed E-state index contributed by atoms with van der Waals surface area (Å²) in [5, 5.41) is 9.06. The molecule has 1 aromatic heterocycles. The summed E-state index contributed by atoms with van der Waals surface area (Å²) < 4.78 is 0. The first kappa shape index (κ1) is 8.46. The summed E-state index contributed by atoms with van der Waals surface area (Å²) in [5.41, 5.74) is 6.20. The maximum absolute atomic E-state index is 8.70. The molecule has 0 aliphatic heterocycles. The fourth-order valence-electron chi connectivity index (χ4n) is 0.773. The molecule has 0 bridgehead atoms. The Labute approximate surface area is 69.8 Å². The highest BCUT2D eigenvalue weighted by molar-refractivity contribution is 6.30. The van der Waals surface area contributed by atoms with Crippen molar-refractivity contribution in [2.24, 2.45) is 5.73 Å². The summed E-state index contributed by atoms with van der Waals surface area (Å²) in [7, 11) is 0. The monoisotopic (exact) mass is 172 g/mol. The van der Waals surface area contributed by atoms with Crippen LogP contribution in [0.3, 0.4) is 0 Å². The first-order valence-corrected chi connectivity index (χ1v) is 3.60. The van der Waals surface area contributed by atoms with E-state index in [2.05, 4.69) is 4.98 Å². The van der Waals surface area contributed by atoms with Crippen molar-refractivity contribution in [3.8, 4) is 0 Å². The predicted molar refractivity (Wildman–Crippen MR) is 43.3 cm³/mol. The lowest BCUT2D eigenvalue weighted by atomic mass is 10.1. The van der Waals surface area contributed by atoms with Gasteiger partial charge in [0.25, 0.3) is 0 Å². The first-order chi connectivity index (χ1) is 5.25.